The number of rotatable bonds is 8. The third kappa shape index (κ3) is 6.92. The van der Waals surface area contributed by atoms with E-state index in [9.17, 15) is 0 Å². The van der Waals surface area contributed by atoms with Gasteiger partial charge >= 0.3 is 0 Å². The molecule has 0 amide bonds. The SMILES string of the molecule is COc1cc(OCc2ccccc2)c([C@H](C2CCCCC2)N2CCNCC2)cc1OC.Cl.Cl. The summed E-state index contributed by atoms with van der Waals surface area (Å²) in [5, 5.41) is 3.51. The van der Waals surface area contributed by atoms with E-state index in [2.05, 4.69) is 40.5 Å². The van der Waals surface area contributed by atoms with Gasteiger partial charge in [-0.2, -0.15) is 0 Å². The lowest BCUT2D eigenvalue weighted by Crippen LogP contribution is -2.47. The first-order valence-electron chi connectivity index (χ1n) is 11.7. The summed E-state index contributed by atoms with van der Waals surface area (Å²) in [6, 6.07) is 14.9. The summed E-state index contributed by atoms with van der Waals surface area (Å²) in [7, 11) is 3.40. The minimum Gasteiger partial charge on any atom is -0.493 e. The van der Waals surface area contributed by atoms with Crippen LogP contribution in [0, 0.1) is 5.92 Å². The molecular formula is C26H38Cl2N2O3. The number of hydrogen-bond acceptors (Lipinski definition) is 5. The fourth-order valence-electron chi connectivity index (χ4n) is 5.13. The number of piperazine rings is 1. The first-order chi connectivity index (χ1) is 15.3. The predicted octanol–water partition coefficient (Wildman–Crippen LogP) is 5.65. The Morgan fingerprint density at radius 2 is 1.52 bits per heavy atom. The van der Waals surface area contributed by atoms with Crippen LogP contribution in [0.5, 0.6) is 17.2 Å². The Morgan fingerprint density at radius 3 is 2.15 bits per heavy atom. The van der Waals surface area contributed by atoms with E-state index in [-0.39, 0.29) is 24.8 Å². The van der Waals surface area contributed by atoms with Crippen molar-refractivity contribution in [2.24, 2.45) is 5.92 Å². The van der Waals surface area contributed by atoms with Gasteiger partial charge in [-0.3, -0.25) is 4.90 Å². The molecule has 0 spiro atoms. The molecule has 4 rings (SSSR count). The first-order valence-corrected chi connectivity index (χ1v) is 11.7. The van der Waals surface area contributed by atoms with Crippen LogP contribution in [-0.4, -0.2) is 45.3 Å². The van der Waals surface area contributed by atoms with Crippen LogP contribution in [0.3, 0.4) is 0 Å². The minimum atomic E-state index is 0. The maximum Gasteiger partial charge on any atom is 0.164 e. The maximum atomic E-state index is 6.45. The molecule has 7 heteroatoms. The molecule has 184 valence electrons. The van der Waals surface area contributed by atoms with Gasteiger partial charge in [0.25, 0.3) is 0 Å². The number of nitrogens with zero attached hydrogens (tertiary/aromatic N) is 1. The molecule has 2 aromatic carbocycles. The van der Waals surface area contributed by atoms with Gasteiger partial charge in [0.05, 0.1) is 14.2 Å². The molecule has 1 N–H and O–H groups in total. The topological polar surface area (TPSA) is 43.0 Å². The third-order valence-electron chi connectivity index (χ3n) is 6.71. The molecule has 1 atom stereocenters. The monoisotopic (exact) mass is 496 g/mol. The van der Waals surface area contributed by atoms with Gasteiger partial charge in [-0.1, -0.05) is 49.6 Å². The van der Waals surface area contributed by atoms with Crippen molar-refractivity contribution >= 4 is 24.8 Å². The second-order valence-electron chi connectivity index (χ2n) is 8.65. The lowest BCUT2D eigenvalue weighted by atomic mass is 9.79. The summed E-state index contributed by atoms with van der Waals surface area (Å²) in [5.74, 6) is 3.05. The Balaban J connectivity index is 0.00000193. The Labute approximate surface area is 211 Å². The second-order valence-corrected chi connectivity index (χ2v) is 8.65. The van der Waals surface area contributed by atoms with Crippen molar-refractivity contribution in [1.82, 2.24) is 10.2 Å². The summed E-state index contributed by atoms with van der Waals surface area (Å²) in [6.45, 7) is 4.75. The van der Waals surface area contributed by atoms with E-state index < -0.39 is 0 Å². The Bertz CT molecular complexity index is 808. The van der Waals surface area contributed by atoms with E-state index in [1.807, 2.05) is 12.1 Å². The van der Waals surface area contributed by atoms with E-state index in [1.165, 1.54) is 43.2 Å². The Kier molecular flexibility index (Phi) is 11.6. The van der Waals surface area contributed by atoms with Gasteiger partial charge in [-0.25, -0.2) is 0 Å². The van der Waals surface area contributed by atoms with Crippen LogP contribution in [0.2, 0.25) is 0 Å². The Hall–Kier alpha value is -1.66. The zero-order chi connectivity index (χ0) is 21.5. The van der Waals surface area contributed by atoms with E-state index in [4.69, 9.17) is 14.2 Å². The second kappa shape index (κ2) is 13.9. The number of methoxy groups -OCH3 is 2. The molecule has 1 aliphatic heterocycles. The Morgan fingerprint density at radius 1 is 0.879 bits per heavy atom. The molecule has 1 saturated carbocycles. The van der Waals surface area contributed by atoms with Crippen molar-refractivity contribution in [2.45, 2.75) is 44.8 Å². The summed E-state index contributed by atoms with van der Waals surface area (Å²) in [5.41, 5.74) is 2.40. The van der Waals surface area contributed by atoms with Crippen LogP contribution >= 0.6 is 24.8 Å². The lowest BCUT2D eigenvalue weighted by Gasteiger charge is -2.41. The van der Waals surface area contributed by atoms with Crippen molar-refractivity contribution < 1.29 is 14.2 Å². The van der Waals surface area contributed by atoms with Gasteiger partial charge in [0.1, 0.15) is 12.4 Å². The molecule has 1 saturated heterocycles. The highest BCUT2D eigenvalue weighted by Crippen LogP contribution is 2.45. The number of nitrogens with one attached hydrogen (secondary N) is 1. The molecule has 5 nitrogen and oxygen atoms in total. The number of ether oxygens (including phenoxy) is 3. The van der Waals surface area contributed by atoms with Crippen molar-refractivity contribution in [3.05, 3.63) is 53.6 Å². The third-order valence-corrected chi connectivity index (χ3v) is 6.71. The van der Waals surface area contributed by atoms with Gasteiger partial charge in [-0.05, 0) is 30.4 Å². The van der Waals surface area contributed by atoms with E-state index in [0.717, 1.165) is 43.4 Å². The van der Waals surface area contributed by atoms with Crippen LogP contribution < -0.4 is 19.5 Å². The first kappa shape index (κ1) is 27.6. The van der Waals surface area contributed by atoms with E-state index >= 15 is 0 Å². The zero-order valence-electron chi connectivity index (χ0n) is 19.8. The van der Waals surface area contributed by atoms with E-state index in [1.54, 1.807) is 14.2 Å². The normalized spacial score (nSPS) is 17.9. The van der Waals surface area contributed by atoms with Crippen molar-refractivity contribution in [2.75, 3.05) is 40.4 Å². The largest absolute Gasteiger partial charge is 0.493 e. The van der Waals surface area contributed by atoms with Crippen molar-refractivity contribution in [3.8, 4) is 17.2 Å². The molecular weight excluding hydrogens is 459 g/mol. The van der Waals surface area contributed by atoms with Crippen LogP contribution in [0.1, 0.15) is 49.3 Å². The minimum absolute atomic E-state index is 0. The predicted molar refractivity (Wildman–Crippen MR) is 139 cm³/mol. The van der Waals surface area contributed by atoms with Crippen molar-refractivity contribution in [1.29, 1.82) is 0 Å². The molecule has 33 heavy (non-hydrogen) atoms. The fourth-order valence-corrected chi connectivity index (χ4v) is 5.13. The van der Waals surface area contributed by atoms with Crippen LogP contribution in [0.15, 0.2) is 42.5 Å². The summed E-state index contributed by atoms with van der Waals surface area (Å²) in [4.78, 5) is 2.66. The average molecular weight is 498 g/mol. The molecule has 2 fully saturated rings. The molecule has 1 aliphatic carbocycles. The zero-order valence-corrected chi connectivity index (χ0v) is 21.4. The highest BCUT2D eigenvalue weighted by molar-refractivity contribution is 5.85. The van der Waals surface area contributed by atoms with Crippen LogP contribution in [0.4, 0.5) is 0 Å². The molecule has 2 aliphatic rings. The fraction of sp³-hybridized carbons (Fsp3) is 0.538. The molecule has 0 radical (unpaired) electrons. The molecule has 1 heterocycles. The summed E-state index contributed by atoms with van der Waals surface area (Å²) in [6.07, 6.45) is 6.55. The highest BCUT2D eigenvalue weighted by atomic mass is 35.5. The van der Waals surface area contributed by atoms with Gasteiger partial charge in [0.2, 0.25) is 0 Å². The summed E-state index contributed by atoms with van der Waals surface area (Å²) >= 11 is 0. The molecule has 0 aromatic heterocycles. The van der Waals surface area contributed by atoms with E-state index in [0.29, 0.717) is 18.6 Å². The van der Waals surface area contributed by atoms with Crippen LogP contribution in [0.25, 0.3) is 0 Å². The smallest absolute Gasteiger partial charge is 0.164 e. The van der Waals surface area contributed by atoms with Gasteiger partial charge in [0, 0.05) is 43.9 Å². The van der Waals surface area contributed by atoms with Gasteiger partial charge in [-0.15, -0.1) is 24.8 Å². The molecule has 2 aromatic rings. The number of halogens is 2. The quantitative estimate of drug-likeness (QED) is 0.511. The van der Waals surface area contributed by atoms with Gasteiger partial charge in [0.15, 0.2) is 11.5 Å². The average Bonchev–Trinajstić information content (AvgIpc) is 2.85. The number of benzene rings is 2. The number of hydrogen-bond donors (Lipinski definition) is 1. The molecule has 0 bridgehead atoms. The summed E-state index contributed by atoms with van der Waals surface area (Å²) < 4.78 is 17.8. The standard InChI is InChI=1S/C26H36N2O3.2ClH/c1-29-24-17-22(23(18-25(24)30-2)31-19-20-9-5-3-6-10-20)26(21-11-7-4-8-12-21)28-15-13-27-14-16-28;;/h3,5-6,9-10,17-18,21,26-27H,4,7-8,11-16,19H2,1-2H3;2*1H/t26-;;/m0../s1. The molecule has 0 unspecified atom stereocenters. The van der Waals surface area contributed by atoms with Crippen molar-refractivity contribution in [3.63, 3.8) is 0 Å². The van der Waals surface area contributed by atoms with Gasteiger partial charge < -0.3 is 19.5 Å². The van der Waals surface area contributed by atoms with Crippen LogP contribution in [-0.2, 0) is 6.61 Å². The lowest BCUT2D eigenvalue weighted by molar-refractivity contribution is 0.0998. The maximum absolute atomic E-state index is 6.45. The highest BCUT2D eigenvalue weighted by Gasteiger charge is 2.34.